The summed E-state index contributed by atoms with van der Waals surface area (Å²) in [4.78, 5) is 2.28. The first-order valence-corrected chi connectivity index (χ1v) is 7.11. The van der Waals surface area contributed by atoms with E-state index < -0.39 is 6.10 Å². The lowest BCUT2D eigenvalue weighted by molar-refractivity contribution is 0.123. The number of hydrogen-bond acceptors (Lipinski definition) is 4. The van der Waals surface area contributed by atoms with Crippen molar-refractivity contribution in [1.29, 1.82) is 0 Å². The highest BCUT2D eigenvalue weighted by molar-refractivity contribution is 5.48. The first-order valence-electron chi connectivity index (χ1n) is 7.11. The molecule has 20 heavy (non-hydrogen) atoms. The van der Waals surface area contributed by atoms with Crippen LogP contribution >= 0.6 is 0 Å². The first-order chi connectivity index (χ1) is 9.76. The molecule has 2 rings (SSSR count). The lowest BCUT2D eigenvalue weighted by atomic mass is 10.1. The van der Waals surface area contributed by atoms with Gasteiger partial charge in [-0.3, -0.25) is 0 Å². The fraction of sp³-hybridized carbons (Fsp3) is 0.500. The van der Waals surface area contributed by atoms with Gasteiger partial charge in [-0.25, -0.2) is 0 Å². The van der Waals surface area contributed by atoms with Gasteiger partial charge in [-0.15, -0.1) is 0 Å². The zero-order valence-electron chi connectivity index (χ0n) is 12.2. The summed E-state index contributed by atoms with van der Waals surface area (Å²) in [5.41, 5.74) is 0.773. The van der Waals surface area contributed by atoms with Gasteiger partial charge in [-0.1, -0.05) is 18.2 Å². The van der Waals surface area contributed by atoms with Crippen molar-refractivity contribution in [2.75, 3.05) is 26.7 Å². The molecule has 1 aromatic carbocycles. The molecule has 1 N–H and O–H groups in total. The third-order valence-corrected chi connectivity index (χ3v) is 3.54. The molecule has 1 fully saturated rings. The minimum atomic E-state index is -0.566. The number of β-amino-alcohol motifs (C(OH)–C–C–N with tert-alkyl or cyclic N) is 1. The Hall–Kier alpha value is -1.52. The summed E-state index contributed by atoms with van der Waals surface area (Å²) in [6.07, 6.45) is 5.27. The fourth-order valence-electron chi connectivity index (χ4n) is 2.53. The number of aliphatic hydroxyl groups excluding tert-OH is 1. The number of aliphatic hydroxyl groups is 1. The number of rotatable bonds is 6. The van der Waals surface area contributed by atoms with Crippen molar-refractivity contribution in [2.24, 2.45) is 0 Å². The second-order valence-electron chi connectivity index (χ2n) is 4.99. The number of ether oxygens (including phenoxy) is 2. The molecule has 0 aliphatic carbocycles. The molecule has 0 bridgehead atoms. The van der Waals surface area contributed by atoms with Gasteiger partial charge in [-0.05, 0) is 38.9 Å². The maximum atomic E-state index is 10.5. The van der Waals surface area contributed by atoms with Gasteiger partial charge >= 0.3 is 0 Å². The Morgan fingerprint density at radius 3 is 2.75 bits per heavy atom. The standard InChI is InChI=1S/C16H23NO3/c1-3-11-20-16-13(7-6-8-15(16)19-2)14(18)12-17-9-4-5-10-17/h3,6-8,11,14,18H,4-5,9-10,12H2,1-2H3. The van der Waals surface area contributed by atoms with Gasteiger partial charge < -0.3 is 19.5 Å². The maximum absolute atomic E-state index is 10.5. The lowest BCUT2D eigenvalue weighted by Crippen LogP contribution is -2.25. The second-order valence-corrected chi connectivity index (χ2v) is 4.99. The van der Waals surface area contributed by atoms with Gasteiger partial charge in [-0.2, -0.15) is 0 Å². The third-order valence-electron chi connectivity index (χ3n) is 3.54. The van der Waals surface area contributed by atoms with E-state index in [2.05, 4.69) is 4.90 Å². The minimum Gasteiger partial charge on any atom is -0.493 e. The monoisotopic (exact) mass is 277 g/mol. The smallest absolute Gasteiger partial charge is 0.174 e. The Labute approximate surface area is 120 Å². The molecule has 110 valence electrons. The van der Waals surface area contributed by atoms with Crippen LogP contribution < -0.4 is 9.47 Å². The fourth-order valence-corrected chi connectivity index (χ4v) is 2.53. The maximum Gasteiger partial charge on any atom is 0.174 e. The van der Waals surface area contributed by atoms with Crippen molar-refractivity contribution in [3.8, 4) is 11.5 Å². The predicted octanol–water partition coefficient (Wildman–Crippen LogP) is 2.74. The molecule has 1 aliphatic rings. The van der Waals surface area contributed by atoms with Crippen molar-refractivity contribution in [2.45, 2.75) is 25.9 Å². The van der Waals surface area contributed by atoms with E-state index in [1.54, 1.807) is 13.4 Å². The summed E-state index contributed by atoms with van der Waals surface area (Å²) in [6, 6.07) is 5.61. The van der Waals surface area contributed by atoms with E-state index in [1.807, 2.05) is 31.2 Å². The number of likely N-dealkylation sites (tertiary alicyclic amines) is 1. The largest absolute Gasteiger partial charge is 0.493 e. The number of methoxy groups -OCH3 is 1. The zero-order chi connectivity index (χ0) is 14.4. The van der Waals surface area contributed by atoms with Crippen LogP contribution in [0, 0.1) is 0 Å². The Kier molecular flexibility index (Phi) is 5.44. The van der Waals surface area contributed by atoms with E-state index in [0.717, 1.165) is 18.7 Å². The summed E-state index contributed by atoms with van der Waals surface area (Å²) < 4.78 is 10.9. The second kappa shape index (κ2) is 7.31. The third kappa shape index (κ3) is 3.52. The normalized spacial score (nSPS) is 17.6. The summed E-state index contributed by atoms with van der Waals surface area (Å²) in [6.45, 7) is 4.65. The van der Waals surface area contributed by atoms with Crippen LogP contribution in [0.4, 0.5) is 0 Å². The molecule has 0 radical (unpaired) electrons. The van der Waals surface area contributed by atoms with Crippen LogP contribution in [0.15, 0.2) is 30.5 Å². The number of hydrogen-bond donors (Lipinski definition) is 1. The molecular weight excluding hydrogens is 254 g/mol. The Balaban J connectivity index is 2.19. The van der Waals surface area contributed by atoms with Crippen molar-refractivity contribution >= 4 is 0 Å². The van der Waals surface area contributed by atoms with Crippen molar-refractivity contribution in [3.63, 3.8) is 0 Å². The van der Waals surface area contributed by atoms with Crippen LogP contribution in [0.2, 0.25) is 0 Å². The van der Waals surface area contributed by atoms with Crippen LogP contribution in [-0.4, -0.2) is 36.8 Å². The average Bonchev–Trinajstić information content (AvgIpc) is 2.97. The zero-order valence-corrected chi connectivity index (χ0v) is 12.2. The van der Waals surface area contributed by atoms with Crippen molar-refractivity contribution in [1.82, 2.24) is 4.90 Å². The van der Waals surface area contributed by atoms with Crippen LogP contribution in [0.5, 0.6) is 11.5 Å². The summed E-state index contributed by atoms with van der Waals surface area (Å²) >= 11 is 0. The van der Waals surface area contributed by atoms with Crippen molar-refractivity contribution in [3.05, 3.63) is 36.1 Å². The molecule has 0 saturated carbocycles. The van der Waals surface area contributed by atoms with Crippen LogP contribution in [0.1, 0.15) is 31.4 Å². The van der Waals surface area contributed by atoms with E-state index in [4.69, 9.17) is 9.47 Å². The molecule has 0 aromatic heterocycles. The molecule has 1 heterocycles. The molecule has 1 saturated heterocycles. The van der Waals surface area contributed by atoms with Crippen LogP contribution in [0.25, 0.3) is 0 Å². The summed E-state index contributed by atoms with van der Waals surface area (Å²) in [7, 11) is 1.61. The molecule has 1 unspecified atom stereocenters. The highest BCUT2D eigenvalue weighted by Gasteiger charge is 2.21. The first kappa shape index (κ1) is 14.9. The van der Waals surface area contributed by atoms with E-state index >= 15 is 0 Å². The van der Waals surface area contributed by atoms with Crippen LogP contribution in [0.3, 0.4) is 0 Å². The Morgan fingerprint density at radius 1 is 1.35 bits per heavy atom. The number of allylic oxidation sites excluding steroid dienone is 1. The van der Waals surface area contributed by atoms with Gasteiger partial charge in [0.15, 0.2) is 11.5 Å². The topological polar surface area (TPSA) is 41.9 Å². The SMILES string of the molecule is CC=COc1c(OC)cccc1C(O)CN1CCCC1. The summed E-state index contributed by atoms with van der Waals surface area (Å²) in [5, 5.41) is 10.5. The molecule has 1 aromatic rings. The van der Waals surface area contributed by atoms with Crippen molar-refractivity contribution < 1.29 is 14.6 Å². The molecule has 1 aliphatic heterocycles. The lowest BCUT2D eigenvalue weighted by Gasteiger charge is -2.22. The van der Waals surface area contributed by atoms with E-state index in [1.165, 1.54) is 12.8 Å². The quantitative estimate of drug-likeness (QED) is 0.812. The highest BCUT2D eigenvalue weighted by atomic mass is 16.5. The molecule has 1 atom stereocenters. The Morgan fingerprint density at radius 2 is 2.10 bits per heavy atom. The molecule has 4 heteroatoms. The summed E-state index contributed by atoms with van der Waals surface area (Å²) in [5.74, 6) is 1.24. The van der Waals surface area contributed by atoms with Gasteiger partial charge in [0, 0.05) is 12.1 Å². The number of nitrogens with zero attached hydrogens (tertiary/aromatic N) is 1. The van der Waals surface area contributed by atoms with Gasteiger partial charge in [0.25, 0.3) is 0 Å². The van der Waals surface area contributed by atoms with E-state index in [9.17, 15) is 5.11 Å². The molecular formula is C16H23NO3. The van der Waals surface area contributed by atoms with Gasteiger partial charge in [0.1, 0.15) is 0 Å². The minimum absolute atomic E-state index is 0.566. The van der Waals surface area contributed by atoms with Gasteiger partial charge in [0.05, 0.1) is 19.5 Å². The van der Waals surface area contributed by atoms with Gasteiger partial charge in [0.2, 0.25) is 0 Å². The molecule has 4 nitrogen and oxygen atoms in total. The van der Waals surface area contributed by atoms with E-state index in [0.29, 0.717) is 18.0 Å². The number of benzene rings is 1. The average molecular weight is 277 g/mol. The Bertz CT molecular complexity index is 453. The van der Waals surface area contributed by atoms with E-state index in [-0.39, 0.29) is 0 Å². The number of para-hydroxylation sites is 1. The highest BCUT2D eigenvalue weighted by Crippen LogP contribution is 2.35. The van der Waals surface area contributed by atoms with Crippen LogP contribution in [-0.2, 0) is 0 Å². The molecule has 0 spiro atoms. The molecule has 0 amide bonds. The predicted molar refractivity (Wildman–Crippen MR) is 79.1 cm³/mol.